The number of hydrogen-bond donors (Lipinski definition) is 0. The summed E-state index contributed by atoms with van der Waals surface area (Å²) in [4.78, 5) is 16.8. The standard InChI is InChI=1S/C14H20N2O/c1-11-4-6-12(7-5-11)14(17)13-10-15(2)8-9-16(13)3/h4-7,13H,8-10H2,1-3H3. The molecule has 1 aliphatic rings. The molecule has 3 heteroatoms. The van der Waals surface area contributed by atoms with Crippen LogP contribution in [0.1, 0.15) is 15.9 Å². The maximum atomic E-state index is 12.4. The van der Waals surface area contributed by atoms with Gasteiger partial charge >= 0.3 is 0 Å². The van der Waals surface area contributed by atoms with Crippen molar-refractivity contribution < 1.29 is 4.79 Å². The lowest BCUT2D eigenvalue weighted by Crippen LogP contribution is -2.53. The van der Waals surface area contributed by atoms with Gasteiger partial charge in [-0.2, -0.15) is 0 Å². The van der Waals surface area contributed by atoms with Gasteiger partial charge < -0.3 is 4.90 Å². The lowest BCUT2D eigenvalue weighted by molar-refractivity contribution is 0.0686. The Morgan fingerprint density at radius 3 is 2.47 bits per heavy atom. The Labute approximate surface area is 103 Å². The Morgan fingerprint density at radius 1 is 1.18 bits per heavy atom. The first-order chi connectivity index (χ1) is 8.08. The molecule has 17 heavy (non-hydrogen) atoms. The Balaban J connectivity index is 2.15. The second-order valence-corrected chi connectivity index (χ2v) is 4.99. The van der Waals surface area contributed by atoms with E-state index in [2.05, 4.69) is 16.8 Å². The lowest BCUT2D eigenvalue weighted by atomic mass is 10.0. The molecule has 1 heterocycles. The van der Waals surface area contributed by atoms with Crippen LogP contribution in [0.2, 0.25) is 0 Å². The highest BCUT2D eigenvalue weighted by atomic mass is 16.1. The zero-order valence-corrected chi connectivity index (χ0v) is 10.8. The number of piperazine rings is 1. The van der Waals surface area contributed by atoms with Crippen LogP contribution in [0.25, 0.3) is 0 Å². The summed E-state index contributed by atoms with van der Waals surface area (Å²) in [6.45, 7) is 4.85. The van der Waals surface area contributed by atoms with Crippen molar-refractivity contribution in [3.8, 4) is 0 Å². The van der Waals surface area contributed by atoms with Crippen molar-refractivity contribution in [1.29, 1.82) is 0 Å². The number of likely N-dealkylation sites (N-methyl/N-ethyl adjacent to an activating group) is 2. The molecule has 0 aliphatic carbocycles. The first kappa shape index (κ1) is 12.3. The van der Waals surface area contributed by atoms with E-state index in [9.17, 15) is 4.79 Å². The predicted molar refractivity (Wildman–Crippen MR) is 69.4 cm³/mol. The minimum Gasteiger partial charge on any atom is -0.303 e. The fourth-order valence-corrected chi connectivity index (χ4v) is 2.20. The molecular weight excluding hydrogens is 212 g/mol. The normalized spacial score (nSPS) is 22.6. The Morgan fingerprint density at radius 2 is 1.82 bits per heavy atom. The van der Waals surface area contributed by atoms with E-state index in [0.29, 0.717) is 0 Å². The van der Waals surface area contributed by atoms with E-state index in [1.807, 2.05) is 38.2 Å². The number of ketones is 1. The van der Waals surface area contributed by atoms with E-state index in [1.165, 1.54) is 5.56 Å². The van der Waals surface area contributed by atoms with Gasteiger partial charge in [-0.1, -0.05) is 29.8 Å². The van der Waals surface area contributed by atoms with E-state index in [4.69, 9.17) is 0 Å². The number of rotatable bonds is 2. The van der Waals surface area contributed by atoms with Crippen LogP contribution in [-0.2, 0) is 0 Å². The molecular formula is C14H20N2O. The first-order valence-electron chi connectivity index (χ1n) is 6.07. The summed E-state index contributed by atoms with van der Waals surface area (Å²) >= 11 is 0. The molecule has 0 spiro atoms. The van der Waals surface area contributed by atoms with E-state index in [1.54, 1.807) is 0 Å². The molecule has 0 aromatic heterocycles. The number of carbonyl (C=O) groups excluding carboxylic acids is 1. The number of nitrogens with zero attached hydrogens (tertiary/aromatic N) is 2. The number of benzene rings is 1. The van der Waals surface area contributed by atoms with Gasteiger partial charge in [-0.25, -0.2) is 0 Å². The minimum atomic E-state index is -0.00328. The summed E-state index contributed by atoms with van der Waals surface area (Å²) in [5, 5.41) is 0. The number of hydrogen-bond acceptors (Lipinski definition) is 3. The molecule has 0 N–H and O–H groups in total. The van der Waals surface area contributed by atoms with Crippen LogP contribution in [0.4, 0.5) is 0 Å². The molecule has 1 saturated heterocycles. The van der Waals surface area contributed by atoms with Gasteiger partial charge in [-0.05, 0) is 21.0 Å². The van der Waals surface area contributed by atoms with Gasteiger partial charge in [0.2, 0.25) is 0 Å². The molecule has 92 valence electrons. The molecule has 0 saturated carbocycles. The minimum absolute atomic E-state index is 0.00328. The van der Waals surface area contributed by atoms with Crippen LogP contribution in [0, 0.1) is 6.92 Å². The zero-order chi connectivity index (χ0) is 12.4. The monoisotopic (exact) mass is 232 g/mol. The van der Waals surface area contributed by atoms with Gasteiger partial charge in [-0.3, -0.25) is 9.69 Å². The van der Waals surface area contributed by atoms with Crippen LogP contribution in [-0.4, -0.2) is 55.4 Å². The molecule has 1 aromatic carbocycles. The molecule has 1 aliphatic heterocycles. The van der Waals surface area contributed by atoms with E-state index < -0.39 is 0 Å². The molecule has 1 fully saturated rings. The van der Waals surface area contributed by atoms with Gasteiger partial charge in [0.15, 0.2) is 5.78 Å². The topological polar surface area (TPSA) is 23.6 Å². The van der Waals surface area contributed by atoms with Gasteiger partial charge in [0.1, 0.15) is 0 Å². The lowest BCUT2D eigenvalue weighted by Gasteiger charge is -2.36. The van der Waals surface area contributed by atoms with Crippen LogP contribution < -0.4 is 0 Å². The third kappa shape index (κ3) is 2.73. The van der Waals surface area contributed by atoms with Crippen LogP contribution in [0.15, 0.2) is 24.3 Å². The van der Waals surface area contributed by atoms with Gasteiger partial charge in [0.25, 0.3) is 0 Å². The fourth-order valence-electron chi connectivity index (χ4n) is 2.20. The summed E-state index contributed by atoms with van der Waals surface area (Å²) in [7, 11) is 4.10. The Kier molecular flexibility index (Phi) is 3.60. The van der Waals surface area contributed by atoms with Crippen molar-refractivity contribution in [1.82, 2.24) is 9.80 Å². The van der Waals surface area contributed by atoms with E-state index in [0.717, 1.165) is 25.2 Å². The maximum Gasteiger partial charge on any atom is 0.181 e. The van der Waals surface area contributed by atoms with Crippen molar-refractivity contribution in [3.63, 3.8) is 0 Å². The molecule has 1 aromatic rings. The largest absolute Gasteiger partial charge is 0.303 e. The van der Waals surface area contributed by atoms with Crippen molar-refractivity contribution in [2.24, 2.45) is 0 Å². The summed E-state index contributed by atoms with van der Waals surface area (Å²) in [6.07, 6.45) is 0. The quantitative estimate of drug-likeness (QED) is 0.721. The highest BCUT2D eigenvalue weighted by molar-refractivity contribution is 6.00. The average Bonchev–Trinajstić information content (AvgIpc) is 2.32. The van der Waals surface area contributed by atoms with Crippen molar-refractivity contribution >= 4 is 5.78 Å². The average molecular weight is 232 g/mol. The highest BCUT2D eigenvalue weighted by Crippen LogP contribution is 2.13. The smallest absolute Gasteiger partial charge is 0.181 e. The fraction of sp³-hybridized carbons (Fsp3) is 0.500. The van der Waals surface area contributed by atoms with Gasteiger partial charge in [-0.15, -0.1) is 0 Å². The van der Waals surface area contributed by atoms with E-state index >= 15 is 0 Å². The summed E-state index contributed by atoms with van der Waals surface area (Å²) in [5.41, 5.74) is 2.01. The van der Waals surface area contributed by atoms with Crippen LogP contribution in [0.3, 0.4) is 0 Å². The number of Topliss-reactive ketones (excluding diaryl/α,β-unsaturated/α-hetero) is 1. The molecule has 0 radical (unpaired) electrons. The zero-order valence-electron chi connectivity index (χ0n) is 10.8. The van der Waals surface area contributed by atoms with Crippen LogP contribution >= 0.6 is 0 Å². The Hall–Kier alpha value is -1.19. The number of aryl methyl sites for hydroxylation is 1. The molecule has 2 rings (SSSR count). The van der Waals surface area contributed by atoms with Crippen molar-refractivity contribution in [2.45, 2.75) is 13.0 Å². The summed E-state index contributed by atoms with van der Waals surface area (Å²) in [5.74, 6) is 0.235. The molecule has 1 atom stereocenters. The van der Waals surface area contributed by atoms with Gasteiger partial charge in [0, 0.05) is 25.2 Å². The van der Waals surface area contributed by atoms with Crippen molar-refractivity contribution in [3.05, 3.63) is 35.4 Å². The predicted octanol–water partition coefficient (Wildman–Crippen LogP) is 1.42. The SMILES string of the molecule is Cc1ccc(C(=O)C2CN(C)CCN2C)cc1. The summed E-state index contributed by atoms with van der Waals surface area (Å²) in [6, 6.07) is 7.86. The van der Waals surface area contributed by atoms with Gasteiger partial charge in [0.05, 0.1) is 6.04 Å². The molecule has 0 amide bonds. The second kappa shape index (κ2) is 4.98. The summed E-state index contributed by atoms with van der Waals surface area (Å²) < 4.78 is 0. The van der Waals surface area contributed by atoms with Crippen LogP contribution in [0.5, 0.6) is 0 Å². The molecule has 3 nitrogen and oxygen atoms in total. The third-order valence-corrected chi connectivity index (χ3v) is 3.49. The third-order valence-electron chi connectivity index (χ3n) is 3.49. The Bertz CT molecular complexity index is 399. The van der Waals surface area contributed by atoms with Crippen molar-refractivity contribution in [2.75, 3.05) is 33.7 Å². The molecule has 0 bridgehead atoms. The first-order valence-corrected chi connectivity index (χ1v) is 6.07. The molecule has 1 unspecified atom stereocenters. The number of carbonyl (C=O) groups is 1. The second-order valence-electron chi connectivity index (χ2n) is 4.99. The van der Waals surface area contributed by atoms with E-state index in [-0.39, 0.29) is 11.8 Å². The highest BCUT2D eigenvalue weighted by Gasteiger charge is 2.28. The maximum absolute atomic E-state index is 12.4.